The smallest absolute Gasteiger partial charge is 0.330 e. The van der Waals surface area contributed by atoms with Gasteiger partial charge in [0.05, 0.1) is 4.92 Å². The molecule has 1 heterocycles. The van der Waals surface area contributed by atoms with Gasteiger partial charge in [0.1, 0.15) is 18.9 Å². The minimum absolute atomic E-state index is 0.0396. The fourth-order valence-corrected chi connectivity index (χ4v) is 3.78. The number of aromatic nitrogens is 2. The van der Waals surface area contributed by atoms with Crippen LogP contribution in [0.1, 0.15) is 40.4 Å². The molecule has 1 N–H and O–H groups in total. The van der Waals surface area contributed by atoms with Gasteiger partial charge in [-0.1, -0.05) is 60.2 Å². The number of aryl methyl sites for hydroxylation is 2. The second kappa shape index (κ2) is 10.6. The second-order valence-electron chi connectivity index (χ2n) is 7.69. The summed E-state index contributed by atoms with van der Waals surface area (Å²) in [6.45, 7) is 5.72. The summed E-state index contributed by atoms with van der Waals surface area (Å²) < 4.78 is 6.99. The van der Waals surface area contributed by atoms with Gasteiger partial charge in [-0.25, -0.2) is 4.79 Å². The lowest BCUT2D eigenvalue weighted by atomic mass is 10.0. The molecule has 0 atom stereocenters. The van der Waals surface area contributed by atoms with Crippen LogP contribution >= 0.6 is 0 Å². The first-order valence-electron chi connectivity index (χ1n) is 10.5. The molecule has 8 nitrogen and oxygen atoms in total. The van der Waals surface area contributed by atoms with Crippen LogP contribution in [0.5, 0.6) is 0 Å². The third-order valence-corrected chi connectivity index (χ3v) is 5.14. The van der Waals surface area contributed by atoms with Gasteiger partial charge < -0.3 is 4.74 Å². The zero-order valence-electron chi connectivity index (χ0n) is 18.8. The highest BCUT2D eigenvalue weighted by molar-refractivity contribution is 5.50. The highest BCUT2D eigenvalue weighted by Gasteiger charge is 2.15. The third kappa shape index (κ3) is 5.84. The van der Waals surface area contributed by atoms with Crippen molar-refractivity contribution in [2.45, 2.75) is 40.3 Å². The van der Waals surface area contributed by atoms with Crippen molar-refractivity contribution >= 4 is 5.69 Å². The first-order chi connectivity index (χ1) is 15.8. The van der Waals surface area contributed by atoms with Crippen LogP contribution in [0.25, 0.3) is 0 Å². The average Bonchev–Trinajstić information content (AvgIpc) is 2.75. The van der Waals surface area contributed by atoms with Crippen LogP contribution in [0, 0.1) is 35.8 Å². The molecule has 8 heteroatoms. The van der Waals surface area contributed by atoms with Crippen molar-refractivity contribution in [3.8, 4) is 11.8 Å². The molecule has 170 valence electrons. The van der Waals surface area contributed by atoms with Gasteiger partial charge in [0.15, 0.2) is 0 Å². The normalized spacial score (nSPS) is 10.5. The van der Waals surface area contributed by atoms with Crippen molar-refractivity contribution in [1.82, 2.24) is 9.55 Å². The van der Waals surface area contributed by atoms with Crippen molar-refractivity contribution in [2.75, 3.05) is 6.61 Å². The van der Waals surface area contributed by atoms with Gasteiger partial charge in [-0.3, -0.25) is 24.5 Å². The van der Waals surface area contributed by atoms with E-state index >= 15 is 0 Å². The number of para-hydroxylation sites is 1. The molecule has 0 aliphatic rings. The first-order valence-corrected chi connectivity index (χ1v) is 10.5. The molecule has 0 aliphatic carbocycles. The summed E-state index contributed by atoms with van der Waals surface area (Å²) >= 11 is 0. The molecule has 0 bridgehead atoms. The van der Waals surface area contributed by atoms with Crippen LogP contribution in [-0.2, 0) is 24.3 Å². The molecule has 0 unspecified atom stereocenters. The maximum atomic E-state index is 12.6. The van der Waals surface area contributed by atoms with Crippen LogP contribution in [-0.4, -0.2) is 21.1 Å². The predicted molar refractivity (Wildman–Crippen MR) is 125 cm³/mol. The highest BCUT2D eigenvalue weighted by Crippen LogP contribution is 2.17. The van der Waals surface area contributed by atoms with Crippen LogP contribution in [0.2, 0.25) is 0 Å². The van der Waals surface area contributed by atoms with Crippen molar-refractivity contribution in [2.24, 2.45) is 0 Å². The van der Waals surface area contributed by atoms with E-state index in [-0.39, 0.29) is 24.6 Å². The summed E-state index contributed by atoms with van der Waals surface area (Å²) in [7, 11) is 0. The first kappa shape index (κ1) is 23.7. The minimum atomic E-state index is -0.553. The highest BCUT2D eigenvalue weighted by atomic mass is 16.6. The largest absolute Gasteiger partial charge is 0.348 e. The zero-order chi connectivity index (χ0) is 24.0. The molecular formula is C25H25N3O5. The third-order valence-electron chi connectivity index (χ3n) is 5.14. The summed E-state index contributed by atoms with van der Waals surface area (Å²) in [4.78, 5) is 37.9. The molecule has 3 rings (SSSR count). The van der Waals surface area contributed by atoms with Crippen molar-refractivity contribution < 1.29 is 9.66 Å². The SMILES string of the molecule is CCc1c(Cc2cc(C)cc(C)c2)n(COCC#Cc2ccccc2[N+](=O)[O-])c(=O)[nH]c1=O. The number of nitro groups is 1. The van der Waals surface area contributed by atoms with Gasteiger partial charge in [-0.05, 0) is 31.9 Å². The van der Waals surface area contributed by atoms with E-state index in [1.54, 1.807) is 18.2 Å². The Morgan fingerprint density at radius 1 is 1.12 bits per heavy atom. The van der Waals surface area contributed by atoms with Crippen LogP contribution < -0.4 is 11.2 Å². The number of hydrogen-bond donors (Lipinski definition) is 1. The van der Waals surface area contributed by atoms with Gasteiger partial charge in [0, 0.05) is 23.7 Å². The van der Waals surface area contributed by atoms with Crippen LogP contribution in [0.15, 0.2) is 52.1 Å². The van der Waals surface area contributed by atoms with E-state index in [0.29, 0.717) is 24.1 Å². The maximum Gasteiger partial charge on any atom is 0.330 e. The lowest BCUT2D eigenvalue weighted by molar-refractivity contribution is -0.385. The van der Waals surface area contributed by atoms with Crippen molar-refractivity contribution in [3.05, 3.63) is 107 Å². The Morgan fingerprint density at radius 2 is 1.82 bits per heavy atom. The summed E-state index contributed by atoms with van der Waals surface area (Å²) in [6.07, 6.45) is 0.878. The maximum absolute atomic E-state index is 12.6. The van der Waals surface area contributed by atoms with E-state index in [0.717, 1.165) is 16.7 Å². The Bertz CT molecular complexity index is 1340. The van der Waals surface area contributed by atoms with Crippen molar-refractivity contribution in [1.29, 1.82) is 0 Å². The van der Waals surface area contributed by atoms with Gasteiger partial charge in [0.25, 0.3) is 11.2 Å². The quantitative estimate of drug-likeness (QED) is 0.259. The van der Waals surface area contributed by atoms with E-state index in [9.17, 15) is 19.7 Å². The Balaban J connectivity index is 1.84. The number of benzene rings is 2. The molecular weight excluding hydrogens is 422 g/mol. The molecule has 1 aromatic heterocycles. The number of aromatic amines is 1. The van der Waals surface area contributed by atoms with Gasteiger partial charge in [0.2, 0.25) is 0 Å². The van der Waals surface area contributed by atoms with E-state index in [4.69, 9.17) is 4.74 Å². The van der Waals surface area contributed by atoms with Crippen LogP contribution in [0.3, 0.4) is 0 Å². The number of hydrogen-bond acceptors (Lipinski definition) is 5. The fraction of sp³-hybridized carbons (Fsp3) is 0.280. The zero-order valence-corrected chi connectivity index (χ0v) is 18.8. The lowest BCUT2D eigenvalue weighted by Gasteiger charge is -2.16. The predicted octanol–water partition coefficient (Wildman–Crippen LogP) is 3.24. The Morgan fingerprint density at radius 3 is 2.48 bits per heavy atom. The fourth-order valence-electron chi connectivity index (χ4n) is 3.78. The second-order valence-corrected chi connectivity index (χ2v) is 7.69. The number of ether oxygens (including phenoxy) is 1. The summed E-state index contributed by atoms with van der Waals surface area (Å²) in [6, 6.07) is 12.3. The van der Waals surface area contributed by atoms with E-state index in [2.05, 4.69) is 22.9 Å². The van der Waals surface area contributed by atoms with E-state index < -0.39 is 16.2 Å². The minimum Gasteiger partial charge on any atom is -0.348 e. The monoisotopic (exact) mass is 447 g/mol. The molecule has 0 spiro atoms. The molecule has 0 aliphatic heterocycles. The summed E-state index contributed by atoms with van der Waals surface area (Å²) in [5.41, 5.74) is 3.59. The number of rotatable bonds is 7. The van der Waals surface area contributed by atoms with Crippen LogP contribution in [0.4, 0.5) is 5.69 Å². The molecule has 3 aromatic rings. The van der Waals surface area contributed by atoms with Crippen molar-refractivity contribution in [3.63, 3.8) is 0 Å². The van der Waals surface area contributed by atoms with Gasteiger partial charge in [-0.2, -0.15) is 0 Å². The Hall–Kier alpha value is -3.96. The molecule has 0 saturated heterocycles. The number of H-pyrrole nitrogens is 1. The lowest BCUT2D eigenvalue weighted by Crippen LogP contribution is -2.36. The Kier molecular flexibility index (Phi) is 7.59. The van der Waals surface area contributed by atoms with Gasteiger partial charge >= 0.3 is 5.69 Å². The molecule has 0 saturated carbocycles. The molecule has 2 aromatic carbocycles. The average molecular weight is 447 g/mol. The molecule has 0 radical (unpaired) electrons. The molecule has 0 fully saturated rings. The standard InChI is InChI=1S/C25H25N3O5/c1-4-21-23(15-19-13-17(2)12-18(3)14-19)27(25(30)26-24(21)29)16-33-11-7-9-20-8-5-6-10-22(20)28(31)32/h5-6,8,10,12-14H,4,11,15-16H2,1-3H3,(H,26,29,30). The molecule has 0 amide bonds. The van der Waals surface area contributed by atoms with E-state index in [1.165, 1.54) is 10.6 Å². The summed E-state index contributed by atoms with van der Waals surface area (Å²) in [5.74, 6) is 5.48. The number of nitrogens with zero attached hydrogens (tertiary/aromatic N) is 2. The number of nitrogens with one attached hydrogen (secondary N) is 1. The number of nitro benzene ring substituents is 1. The summed E-state index contributed by atoms with van der Waals surface area (Å²) in [5, 5.41) is 11.1. The molecule has 33 heavy (non-hydrogen) atoms. The van der Waals surface area contributed by atoms with Gasteiger partial charge in [-0.15, -0.1) is 0 Å². The topological polar surface area (TPSA) is 107 Å². The van der Waals surface area contributed by atoms with E-state index in [1.807, 2.05) is 32.9 Å². The Labute approximate surface area is 191 Å².